The van der Waals surface area contributed by atoms with Crippen LogP contribution in [0.1, 0.15) is 0 Å². The lowest BCUT2D eigenvalue weighted by molar-refractivity contribution is 1.08. The van der Waals surface area contributed by atoms with Crippen LogP contribution >= 0.6 is 11.3 Å². The van der Waals surface area contributed by atoms with Gasteiger partial charge in [0.05, 0.1) is 0 Å². The minimum Gasteiger partial charge on any atom is -0.208 e. The van der Waals surface area contributed by atoms with Crippen molar-refractivity contribution in [2.45, 2.75) is 0 Å². The Hall–Kier alpha value is -7.53. The van der Waals surface area contributed by atoms with E-state index in [1.54, 1.807) is 0 Å². The summed E-state index contributed by atoms with van der Waals surface area (Å²) in [6, 6.07) is 75.2. The van der Waals surface area contributed by atoms with Crippen LogP contribution in [0.4, 0.5) is 0 Å². The highest BCUT2D eigenvalue weighted by atomic mass is 32.1. The summed E-state index contributed by atoms with van der Waals surface area (Å²) in [5.74, 6) is 1.91. The molecule has 0 aliphatic rings. The Kier molecular flexibility index (Phi) is 8.68. The monoisotopic (exact) mass is 769 g/mol. The standard InChI is InChI=1S/C55H35N3S/c1-4-15-36(16-5-1)38-29-31-41(32-30-38)53-56-54(58-55(57-53)48-28-13-22-39-21-10-11-25-45(39)48)43-24-12-23-42(33-43)49-34-44(37-17-6-2-7-18-37)35-50-47-27-14-26-46(51(47)59-52(49)50)40-19-8-3-9-20-40/h1-35H. The zero-order valence-corrected chi connectivity index (χ0v) is 32.8. The summed E-state index contributed by atoms with van der Waals surface area (Å²) in [6.45, 7) is 0. The third-order valence-electron chi connectivity index (χ3n) is 11.1. The molecule has 9 aromatic carbocycles. The first-order valence-corrected chi connectivity index (χ1v) is 20.7. The van der Waals surface area contributed by atoms with Crippen molar-refractivity contribution in [1.29, 1.82) is 0 Å². The normalized spacial score (nSPS) is 11.4. The number of aromatic nitrogens is 3. The molecule has 0 aliphatic heterocycles. The van der Waals surface area contributed by atoms with Crippen LogP contribution in [0, 0.1) is 0 Å². The van der Waals surface area contributed by atoms with Crippen LogP contribution in [-0.2, 0) is 0 Å². The largest absolute Gasteiger partial charge is 0.208 e. The average molecular weight is 770 g/mol. The minimum atomic E-state index is 0.630. The fourth-order valence-corrected chi connectivity index (χ4v) is 9.55. The van der Waals surface area contributed by atoms with Crippen molar-refractivity contribution in [3.63, 3.8) is 0 Å². The van der Waals surface area contributed by atoms with E-state index in [4.69, 9.17) is 15.0 Å². The van der Waals surface area contributed by atoms with Gasteiger partial charge < -0.3 is 0 Å². The molecule has 0 aliphatic carbocycles. The number of hydrogen-bond donors (Lipinski definition) is 0. The molecule has 11 aromatic rings. The van der Waals surface area contributed by atoms with Crippen LogP contribution in [-0.4, -0.2) is 15.0 Å². The molecule has 3 nitrogen and oxygen atoms in total. The lowest BCUT2D eigenvalue weighted by Crippen LogP contribution is -2.00. The molecule has 2 heterocycles. The topological polar surface area (TPSA) is 38.7 Å². The van der Waals surface area contributed by atoms with Gasteiger partial charge in [0.1, 0.15) is 0 Å². The van der Waals surface area contributed by atoms with Crippen molar-refractivity contribution in [2.24, 2.45) is 0 Å². The SMILES string of the molecule is c1ccc(-c2ccc(-c3nc(-c4cccc(-c5cc(-c6ccccc6)cc6c5sc5c(-c7ccccc7)cccc56)c4)nc(-c4cccc5ccccc45)n3)cc2)cc1. The van der Waals surface area contributed by atoms with Gasteiger partial charge in [0.15, 0.2) is 17.5 Å². The molecule has 276 valence electrons. The molecule has 0 saturated carbocycles. The van der Waals surface area contributed by atoms with Gasteiger partial charge >= 0.3 is 0 Å². The van der Waals surface area contributed by atoms with Crippen LogP contribution in [0.2, 0.25) is 0 Å². The molecule has 0 spiro atoms. The predicted molar refractivity (Wildman–Crippen MR) is 248 cm³/mol. The molecule has 0 fully saturated rings. The van der Waals surface area contributed by atoms with E-state index in [0.29, 0.717) is 17.5 Å². The highest BCUT2D eigenvalue weighted by Gasteiger charge is 2.19. The van der Waals surface area contributed by atoms with Gasteiger partial charge in [-0.15, -0.1) is 11.3 Å². The molecular weight excluding hydrogens is 735 g/mol. The molecule has 0 N–H and O–H groups in total. The Balaban J connectivity index is 1.10. The maximum absolute atomic E-state index is 5.24. The van der Waals surface area contributed by atoms with Crippen LogP contribution in [0.25, 0.3) is 110 Å². The van der Waals surface area contributed by atoms with Gasteiger partial charge in [-0.3, -0.25) is 0 Å². The molecule has 0 atom stereocenters. The van der Waals surface area contributed by atoms with Crippen molar-refractivity contribution >= 4 is 42.3 Å². The second-order valence-electron chi connectivity index (χ2n) is 14.8. The van der Waals surface area contributed by atoms with Gasteiger partial charge in [-0.05, 0) is 67.9 Å². The number of hydrogen-bond acceptors (Lipinski definition) is 4. The van der Waals surface area contributed by atoms with E-state index in [9.17, 15) is 0 Å². The highest BCUT2D eigenvalue weighted by Crippen LogP contribution is 2.46. The van der Waals surface area contributed by atoms with E-state index in [2.05, 4.69) is 206 Å². The number of benzene rings is 9. The second-order valence-corrected chi connectivity index (χ2v) is 15.8. The fourth-order valence-electron chi connectivity index (χ4n) is 8.20. The summed E-state index contributed by atoms with van der Waals surface area (Å²) in [5.41, 5.74) is 12.3. The van der Waals surface area contributed by atoms with Crippen LogP contribution in [0.3, 0.4) is 0 Å². The maximum Gasteiger partial charge on any atom is 0.164 e. The first-order valence-electron chi connectivity index (χ1n) is 19.8. The van der Waals surface area contributed by atoms with Crippen LogP contribution in [0.15, 0.2) is 212 Å². The number of nitrogens with zero attached hydrogens (tertiary/aromatic N) is 3. The first kappa shape index (κ1) is 34.7. The van der Waals surface area contributed by atoms with E-state index in [0.717, 1.165) is 38.6 Å². The summed E-state index contributed by atoms with van der Waals surface area (Å²) in [7, 11) is 0. The molecule has 59 heavy (non-hydrogen) atoms. The molecule has 0 unspecified atom stereocenters. The Morgan fingerprint density at radius 1 is 0.254 bits per heavy atom. The Morgan fingerprint density at radius 2 is 0.746 bits per heavy atom. The summed E-state index contributed by atoms with van der Waals surface area (Å²) >= 11 is 1.87. The molecule has 0 amide bonds. The van der Waals surface area contributed by atoms with E-state index >= 15 is 0 Å². The van der Waals surface area contributed by atoms with Crippen molar-refractivity contribution in [2.75, 3.05) is 0 Å². The van der Waals surface area contributed by atoms with Gasteiger partial charge in [-0.25, -0.2) is 15.0 Å². The molecule has 0 bridgehead atoms. The molecule has 11 rings (SSSR count). The smallest absolute Gasteiger partial charge is 0.164 e. The quantitative estimate of drug-likeness (QED) is 0.162. The number of thiophene rings is 1. The predicted octanol–water partition coefficient (Wildman–Crippen LogP) is 15.1. The maximum atomic E-state index is 5.24. The van der Waals surface area contributed by atoms with Crippen molar-refractivity contribution in [3.8, 4) is 78.7 Å². The molecule has 0 radical (unpaired) electrons. The molecule has 0 saturated heterocycles. The highest BCUT2D eigenvalue weighted by molar-refractivity contribution is 7.26. The van der Waals surface area contributed by atoms with Crippen LogP contribution < -0.4 is 0 Å². The Labute approximate surface area is 346 Å². The van der Waals surface area contributed by atoms with Gasteiger partial charge in [0.25, 0.3) is 0 Å². The molecule has 2 aromatic heterocycles. The zero-order chi connectivity index (χ0) is 39.1. The number of rotatable bonds is 7. The van der Waals surface area contributed by atoms with Gasteiger partial charge in [-0.1, -0.05) is 194 Å². The van der Waals surface area contributed by atoms with Crippen molar-refractivity contribution in [3.05, 3.63) is 212 Å². The third-order valence-corrected chi connectivity index (χ3v) is 12.4. The fraction of sp³-hybridized carbons (Fsp3) is 0. The second kappa shape index (κ2) is 14.8. The first-order chi connectivity index (χ1) is 29.2. The van der Waals surface area contributed by atoms with Gasteiger partial charge in [0.2, 0.25) is 0 Å². The van der Waals surface area contributed by atoms with Crippen LogP contribution in [0.5, 0.6) is 0 Å². The zero-order valence-electron chi connectivity index (χ0n) is 32.0. The van der Waals surface area contributed by atoms with E-state index in [1.807, 2.05) is 17.4 Å². The summed E-state index contributed by atoms with van der Waals surface area (Å²) in [5, 5.41) is 4.76. The third kappa shape index (κ3) is 6.46. The minimum absolute atomic E-state index is 0.630. The molecular formula is C55H35N3S. The van der Waals surface area contributed by atoms with Gasteiger partial charge in [-0.2, -0.15) is 0 Å². The van der Waals surface area contributed by atoms with E-state index < -0.39 is 0 Å². The summed E-state index contributed by atoms with van der Waals surface area (Å²) < 4.78 is 2.54. The van der Waals surface area contributed by atoms with Crippen molar-refractivity contribution < 1.29 is 0 Å². The lowest BCUT2D eigenvalue weighted by atomic mass is 9.94. The number of fused-ring (bicyclic) bond motifs is 4. The van der Waals surface area contributed by atoms with E-state index in [1.165, 1.54) is 53.6 Å². The van der Waals surface area contributed by atoms with Gasteiger partial charge in [0, 0.05) is 42.4 Å². The molecule has 4 heteroatoms. The lowest BCUT2D eigenvalue weighted by Gasteiger charge is -2.12. The van der Waals surface area contributed by atoms with Crippen molar-refractivity contribution in [1.82, 2.24) is 15.0 Å². The Bertz CT molecular complexity index is 3300. The van der Waals surface area contributed by atoms with E-state index in [-0.39, 0.29) is 0 Å². The summed E-state index contributed by atoms with van der Waals surface area (Å²) in [6.07, 6.45) is 0. The summed E-state index contributed by atoms with van der Waals surface area (Å²) in [4.78, 5) is 15.6. The Morgan fingerprint density at radius 3 is 1.51 bits per heavy atom. The average Bonchev–Trinajstić information content (AvgIpc) is 3.71.